The Morgan fingerprint density at radius 1 is 1.35 bits per heavy atom. The number of carbonyl (C=O) groups excluding carboxylic acids is 1. The van der Waals surface area contributed by atoms with E-state index in [0.29, 0.717) is 11.6 Å². The van der Waals surface area contributed by atoms with Crippen molar-refractivity contribution in [3.8, 4) is 12.3 Å². The molecule has 1 aromatic carbocycles. The summed E-state index contributed by atoms with van der Waals surface area (Å²) >= 11 is 5.78. The lowest BCUT2D eigenvalue weighted by atomic mass is 10.2. The minimum atomic E-state index is -1.10. The molecule has 0 heterocycles. The molecule has 1 rings (SSSR count). The third-order valence-corrected chi connectivity index (χ3v) is 2.79. The number of hydrogen-bond donors (Lipinski definition) is 1. The number of hydrogen-bond acceptors (Lipinski definition) is 2. The van der Waals surface area contributed by atoms with Gasteiger partial charge in [-0.1, -0.05) is 29.7 Å². The van der Waals surface area contributed by atoms with Crippen LogP contribution in [0.5, 0.6) is 0 Å². The van der Waals surface area contributed by atoms with Crippen LogP contribution in [0.25, 0.3) is 0 Å². The molecule has 20 heavy (non-hydrogen) atoms. The van der Waals surface area contributed by atoms with E-state index in [9.17, 15) is 9.59 Å². The van der Waals surface area contributed by atoms with E-state index in [0.717, 1.165) is 10.5 Å². The Bertz CT molecular complexity index is 522. The van der Waals surface area contributed by atoms with Gasteiger partial charge < -0.3 is 14.9 Å². The van der Waals surface area contributed by atoms with Gasteiger partial charge in [0.1, 0.15) is 6.54 Å². The van der Waals surface area contributed by atoms with Crippen LogP contribution < -0.4 is 0 Å². The van der Waals surface area contributed by atoms with E-state index in [2.05, 4.69) is 5.92 Å². The average Bonchev–Trinajstić information content (AvgIpc) is 2.39. The molecule has 0 saturated heterocycles. The highest BCUT2D eigenvalue weighted by Gasteiger charge is 2.19. The number of terminal acetylenes is 1. The van der Waals surface area contributed by atoms with Crippen LogP contribution in [0.1, 0.15) is 5.56 Å². The number of nitrogens with zero attached hydrogens (tertiary/aromatic N) is 2. The highest BCUT2D eigenvalue weighted by Crippen LogP contribution is 2.11. The van der Waals surface area contributed by atoms with Gasteiger partial charge in [-0.15, -0.1) is 6.42 Å². The number of halogens is 1. The number of aliphatic carboxylic acids is 1. The molecule has 1 aromatic rings. The Morgan fingerprint density at radius 3 is 2.45 bits per heavy atom. The first kappa shape index (κ1) is 15.9. The summed E-state index contributed by atoms with van der Waals surface area (Å²) in [5, 5.41) is 9.38. The van der Waals surface area contributed by atoms with E-state index >= 15 is 0 Å². The van der Waals surface area contributed by atoms with Crippen molar-refractivity contribution < 1.29 is 14.7 Å². The molecule has 6 heteroatoms. The van der Waals surface area contributed by atoms with Gasteiger partial charge in [-0.3, -0.25) is 4.79 Å². The van der Waals surface area contributed by atoms with E-state index < -0.39 is 18.5 Å². The number of carboxylic acids is 1. The van der Waals surface area contributed by atoms with E-state index in [1.165, 1.54) is 4.90 Å². The number of benzene rings is 1. The van der Waals surface area contributed by atoms with Crippen molar-refractivity contribution in [2.24, 2.45) is 0 Å². The smallest absolute Gasteiger partial charge is 0.323 e. The Hall–Kier alpha value is -2.19. The minimum Gasteiger partial charge on any atom is -0.480 e. The summed E-state index contributed by atoms with van der Waals surface area (Å²) in [6.45, 7) is -0.124. The van der Waals surface area contributed by atoms with Crippen LogP contribution in [0, 0.1) is 12.3 Å². The Morgan fingerprint density at radius 2 is 1.95 bits per heavy atom. The first-order chi connectivity index (χ1) is 9.43. The number of urea groups is 1. The highest BCUT2D eigenvalue weighted by molar-refractivity contribution is 6.30. The average molecular weight is 295 g/mol. The molecule has 0 saturated carbocycles. The summed E-state index contributed by atoms with van der Waals surface area (Å²) in [6, 6.07) is 6.63. The molecule has 1 N–H and O–H groups in total. The lowest BCUT2D eigenvalue weighted by molar-refractivity contribution is -0.137. The molecular formula is C14H15ClN2O3. The standard InChI is InChI=1S/C14H15ClN2O3/c1-3-8-17(10-13(18)19)14(20)16(2)9-11-4-6-12(15)7-5-11/h1,4-7H,8-10H2,2H3,(H,18,19). The van der Waals surface area contributed by atoms with Crippen molar-refractivity contribution in [1.82, 2.24) is 9.80 Å². The molecule has 0 bridgehead atoms. The van der Waals surface area contributed by atoms with Crippen LogP contribution in [-0.2, 0) is 11.3 Å². The Balaban J connectivity index is 2.71. The number of amides is 2. The molecule has 0 fully saturated rings. The van der Waals surface area contributed by atoms with Gasteiger partial charge in [0.2, 0.25) is 0 Å². The molecule has 0 aliphatic heterocycles. The lowest BCUT2D eigenvalue weighted by Gasteiger charge is -2.25. The van der Waals surface area contributed by atoms with Crippen molar-refractivity contribution in [3.05, 3.63) is 34.9 Å². The van der Waals surface area contributed by atoms with Crippen molar-refractivity contribution in [2.75, 3.05) is 20.1 Å². The normalized spacial score (nSPS) is 9.65. The number of carboxylic acid groups (broad SMARTS) is 1. The zero-order valence-corrected chi connectivity index (χ0v) is 11.8. The van der Waals surface area contributed by atoms with Crippen molar-refractivity contribution in [3.63, 3.8) is 0 Å². The predicted molar refractivity (Wildman–Crippen MR) is 76.4 cm³/mol. The van der Waals surface area contributed by atoms with Gasteiger partial charge in [-0.25, -0.2) is 4.79 Å². The summed E-state index contributed by atoms with van der Waals surface area (Å²) in [7, 11) is 1.59. The van der Waals surface area contributed by atoms with Gasteiger partial charge >= 0.3 is 12.0 Å². The summed E-state index contributed by atoms with van der Waals surface area (Å²) in [6.07, 6.45) is 5.14. The molecule has 5 nitrogen and oxygen atoms in total. The van der Waals surface area contributed by atoms with Gasteiger partial charge in [0.15, 0.2) is 0 Å². The molecule has 0 radical (unpaired) electrons. The van der Waals surface area contributed by atoms with Gasteiger partial charge in [-0.2, -0.15) is 0 Å². The summed E-state index contributed by atoms with van der Waals surface area (Å²) in [4.78, 5) is 25.3. The van der Waals surface area contributed by atoms with E-state index in [1.807, 2.05) is 0 Å². The van der Waals surface area contributed by atoms with Gasteiger partial charge in [0.05, 0.1) is 6.54 Å². The van der Waals surface area contributed by atoms with Crippen LogP contribution in [0.4, 0.5) is 4.79 Å². The monoisotopic (exact) mass is 294 g/mol. The third kappa shape index (κ3) is 4.82. The van der Waals surface area contributed by atoms with Gasteiger partial charge in [-0.05, 0) is 17.7 Å². The Labute approximate surface area is 122 Å². The molecule has 0 aromatic heterocycles. The predicted octanol–water partition coefficient (Wildman–Crippen LogP) is 1.91. The van der Waals surface area contributed by atoms with E-state index in [4.69, 9.17) is 23.1 Å². The van der Waals surface area contributed by atoms with Crippen LogP contribution in [0.2, 0.25) is 5.02 Å². The SMILES string of the molecule is C#CCN(CC(=O)O)C(=O)N(C)Cc1ccc(Cl)cc1. The van der Waals surface area contributed by atoms with Gasteiger partial charge in [0, 0.05) is 18.6 Å². The summed E-state index contributed by atoms with van der Waals surface area (Å²) < 4.78 is 0. The molecule has 0 aliphatic rings. The molecule has 0 unspecified atom stereocenters. The third-order valence-electron chi connectivity index (χ3n) is 2.54. The second-order valence-corrected chi connectivity index (χ2v) is 4.66. The first-order valence-corrected chi connectivity index (χ1v) is 6.21. The number of rotatable bonds is 5. The van der Waals surface area contributed by atoms with Crippen LogP contribution in [-0.4, -0.2) is 47.0 Å². The minimum absolute atomic E-state index is 0.0455. The topological polar surface area (TPSA) is 60.9 Å². The molecule has 0 spiro atoms. The lowest BCUT2D eigenvalue weighted by Crippen LogP contribution is -2.43. The maximum absolute atomic E-state index is 12.1. The molecule has 2 amide bonds. The fourth-order valence-corrected chi connectivity index (χ4v) is 1.76. The Kier molecular flexibility index (Phi) is 5.88. The first-order valence-electron chi connectivity index (χ1n) is 5.83. The largest absolute Gasteiger partial charge is 0.480 e. The molecule has 0 aliphatic carbocycles. The van der Waals surface area contributed by atoms with Gasteiger partial charge in [0.25, 0.3) is 0 Å². The van der Waals surface area contributed by atoms with Crippen molar-refractivity contribution in [2.45, 2.75) is 6.54 Å². The summed E-state index contributed by atoms with van der Waals surface area (Å²) in [5.41, 5.74) is 0.890. The fourth-order valence-electron chi connectivity index (χ4n) is 1.64. The number of carbonyl (C=O) groups is 2. The van der Waals surface area contributed by atoms with Crippen molar-refractivity contribution >= 4 is 23.6 Å². The second kappa shape index (κ2) is 7.41. The van der Waals surface area contributed by atoms with Crippen LogP contribution in [0.15, 0.2) is 24.3 Å². The van der Waals surface area contributed by atoms with Crippen LogP contribution in [0.3, 0.4) is 0 Å². The second-order valence-electron chi connectivity index (χ2n) is 4.22. The fraction of sp³-hybridized carbons (Fsp3) is 0.286. The maximum Gasteiger partial charge on any atom is 0.323 e. The molecule has 0 atom stereocenters. The quantitative estimate of drug-likeness (QED) is 0.844. The van der Waals surface area contributed by atoms with E-state index in [1.54, 1.807) is 31.3 Å². The highest BCUT2D eigenvalue weighted by atomic mass is 35.5. The molecule has 106 valence electrons. The maximum atomic E-state index is 12.1. The van der Waals surface area contributed by atoms with Crippen molar-refractivity contribution in [1.29, 1.82) is 0 Å². The zero-order valence-electron chi connectivity index (χ0n) is 11.0. The van der Waals surface area contributed by atoms with Crippen LogP contribution >= 0.6 is 11.6 Å². The van der Waals surface area contributed by atoms with E-state index in [-0.39, 0.29) is 6.54 Å². The molecular weight excluding hydrogens is 280 g/mol. The zero-order chi connectivity index (χ0) is 15.1. The summed E-state index contributed by atoms with van der Waals surface area (Å²) in [5.74, 6) is 1.17.